The molecule has 0 unspecified atom stereocenters. The standard InChI is InChI=1S/C23H28N4O2S/c1-16-8-9-17(2)20(14-16)24-22(28)15-30-23-26-25-21(27(23)3)7-5-6-18-10-12-19(29-4)13-11-18/h8-14H,5-7,15H2,1-4H3,(H,24,28). The number of nitrogens with one attached hydrogen (secondary N) is 1. The minimum atomic E-state index is -0.0437. The molecule has 0 aliphatic carbocycles. The zero-order valence-corrected chi connectivity index (χ0v) is 18.8. The summed E-state index contributed by atoms with van der Waals surface area (Å²) in [5.41, 5.74) is 4.31. The highest BCUT2D eigenvalue weighted by atomic mass is 32.2. The van der Waals surface area contributed by atoms with Crippen molar-refractivity contribution in [2.24, 2.45) is 7.05 Å². The average Bonchev–Trinajstić information content (AvgIpc) is 3.09. The van der Waals surface area contributed by atoms with Crippen LogP contribution in [0.3, 0.4) is 0 Å². The number of anilines is 1. The van der Waals surface area contributed by atoms with Gasteiger partial charge in [-0.3, -0.25) is 4.79 Å². The first kappa shape index (κ1) is 21.9. The number of benzene rings is 2. The summed E-state index contributed by atoms with van der Waals surface area (Å²) in [5, 5.41) is 12.3. The summed E-state index contributed by atoms with van der Waals surface area (Å²) in [6.07, 6.45) is 2.79. The van der Waals surface area contributed by atoms with E-state index in [2.05, 4.69) is 27.6 Å². The van der Waals surface area contributed by atoms with Gasteiger partial charge in [0.15, 0.2) is 5.16 Å². The largest absolute Gasteiger partial charge is 0.497 e. The Morgan fingerprint density at radius 1 is 1.10 bits per heavy atom. The van der Waals surface area contributed by atoms with Gasteiger partial charge in [-0.15, -0.1) is 10.2 Å². The van der Waals surface area contributed by atoms with Crippen molar-refractivity contribution in [1.82, 2.24) is 14.8 Å². The maximum Gasteiger partial charge on any atom is 0.234 e. The van der Waals surface area contributed by atoms with Crippen molar-refractivity contribution in [3.63, 3.8) is 0 Å². The lowest BCUT2D eigenvalue weighted by molar-refractivity contribution is -0.113. The second-order valence-corrected chi connectivity index (χ2v) is 8.26. The molecule has 0 spiro atoms. The number of ether oxygens (including phenoxy) is 1. The molecule has 1 heterocycles. The molecule has 1 N–H and O–H groups in total. The van der Waals surface area contributed by atoms with Crippen LogP contribution in [0.1, 0.15) is 28.9 Å². The first-order chi connectivity index (χ1) is 14.5. The lowest BCUT2D eigenvalue weighted by Crippen LogP contribution is -2.15. The number of nitrogens with zero attached hydrogens (tertiary/aromatic N) is 3. The molecule has 0 aliphatic heterocycles. The highest BCUT2D eigenvalue weighted by Gasteiger charge is 2.12. The summed E-state index contributed by atoms with van der Waals surface area (Å²) in [7, 11) is 3.62. The number of rotatable bonds is 9. The fourth-order valence-corrected chi connectivity index (χ4v) is 3.85. The summed E-state index contributed by atoms with van der Waals surface area (Å²) in [6, 6.07) is 14.2. The van der Waals surface area contributed by atoms with Crippen LogP contribution in [0.15, 0.2) is 47.6 Å². The highest BCUT2D eigenvalue weighted by Crippen LogP contribution is 2.20. The monoisotopic (exact) mass is 424 g/mol. The molecule has 0 atom stereocenters. The number of carbonyl (C=O) groups excluding carboxylic acids is 1. The number of aromatic nitrogens is 3. The third-order valence-electron chi connectivity index (χ3n) is 4.95. The molecule has 0 saturated carbocycles. The SMILES string of the molecule is COc1ccc(CCCc2nnc(SCC(=O)Nc3cc(C)ccc3C)n2C)cc1. The Morgan fingerprint density at radius 3 is 2.60 bits per heavy atom. The van der Waals surface area contributed by atoms with E-state index in [4.69, 9.17) is 4.74 Å². The molecule has 3 aromatic rings. The predicted octanol–water partition coefficient (Wildman–Crippen LogP) is 4.35. The third-order valence-corrected chi connectivity index (χ3v) is 5.97. The molecule has 1 amide bonds. The Balaban J connectivity index is 1.48. The van der Waals surface area contributed by atoms with Gasteiger partial charge >= 0.3 is 0 Å². The molecular weight excluding hydrogens is 396 g/mol. The van der Waals surface area contributed by atoms with Crippen molar-refractivity contribution in [3.8, 4) is 5.75 Å². The van der Waals surface area contributed by atoms with Crippen LogP contribution in [0.5, 0.6) is 5.75 Å². The molecule has 3 rings (SSSR count). The van der Waals surface area contributed by atoms with Gasteiger partial charge < -0.3 is 14.6 Å². The molecule has 2 aromatic carbocycles. The van der Waals surface area contributed by atoms with Gasteiger partial charge in [-0.05, 0) is 61.6 Å². The van der Waals surface area contributed by atoms with Crippen LogP contribution in [-0.4, -0.2) is 33.5 Å². The Bertz CT molecular complexity index is 999. The van der Waals surface area contributed by atoms with Crippen molar-refractivity contribution in [3.05, 3.63) is 65.0 Å². The van der Waals surface area contributed by atoms with Crippen molar-refractivity contribution < 1.29 is 9.53 Å². The predicted molar refractivity (Wildman–Crippen MR) is 121 cm³/mol. The Kier molecular flexibility index (Phi) is 7.52. The number of carbonyl (C=O) groups is 1. The second-order valence-electron chi connectivity index (χ2n) is 7.31. The van der Waals surface area contributed by atoms with Crippen molar-refractivity contribution in [2.75, 3.05) is 18.2 Å². The topological polar surface area (TPSA) is 69.0 Å². The Labute approximate surface area is 182 Å². The zero-order valence-electron chi connectivity index (χ0n) is 17.9. The molecule has 0 aliphatic rings. The van der Waals surface area contributed by atoms with Crippen LogP contribution >= 0.6 is 11.8 Å². The van der Waals surface area contributed by atoms with E-state index < -0.39 is 0 Å². The molecule has 158 valence electrons. The van der Waals surface area contributed by atoms with E-state index in [1.165, 1.54) is 17.3 Å². The van der Waals surface area contributed by atoms with E-state index >= 15 is 0 Å². The number of hydrogen-bond acceptors (Lipinski definition) is 5. The quantitative estimate of drug-likeness (QED) is 0.517. The lowest BCUT2D eigenvalue weighted by atomic mass is 10.1. The molecule has 7 heteroatoms. The number of hydrogen-bond donors (Lipinski definition) is 1. The summed E-state index contributed by atoms with van der Waals surface area (Å²) in [5.74, 6) is 2.06. The van der Waals surface area contributed by atoms with Gasteiger partial charge in [0.25, 0.3) is 0 Å². The number of methoxy groups -OCH3 is 1. The third kappa shape index (κ3) is 5.86. The normalized spacial score (nSPS) is 10.8. The summed E-state index contributed by atoms with van der Waals surface area (Å²) in [6.45, 7) is 4.00. The minimum Gasteiger partial charge on any atom is -0.497 e. The van der Waals surface area contributed by atoms with Gasteiger partial charge in [-0.25, -0.2) is 0 Å². The summed E-state index contributed by atoms with van der Waals surface area (Å²) >= 11 is 1.40. The van der Waals surface area contributed by atoms with Crippen LogP contribution in [0, 0.1) is 13.8 Å². The molecule has 0 fully saturated rings. The van der Waals surface area contributed by atoms with Gasteiger partial charge in [-0.2, -0.15) is 0 Å². The molecule has 0 radical (unpaired) electrons. The van der Waals surface area contributed by atoms with Gasteiger partial charge in [0, 0.05) is 19.2 Å². The summed E-state index contributed by atoms with van der Waals surface area (Å²) < 4.78 is 7.17. The van der Waals surface area contributed by atoms with E-state index in [1.807, 2.05) is 55.8 Å². The van der Waals surface area contributed by atoms with E-state index in [0.717, 1.165) is 52.8 Å². The maximum atomic E-state index is 12.3. The van der Waals surface area contributed by atoms with Crippen molar-refractivity contribution >= 4 is 23.4 Å². The summed E-state index contributed by atoms with van der Waals surface area (Å²) in [4.78, 5) is 12.3. The van der Waals surface area contributed by atoms with Crippen LogP contribution < -0.4 is 10.1 Å². The van der Waals surface area contributed by atoms with Crippen molar-refractivity contribution in [1.29, 1.82) is 0 Å². The average molecular weight is 425 g/mol. The first-order valence-electron chi connectivity index (χ1n) is 9.97. The van der Waals surface area contributed by atoms with E-state index in [0.29, 0.717) is 5.75 Å². The van der Waals surface area contributed by atoms with E-state index in [9.17, 15) is 4.79 Å². The molecule has 0 saturated heterocycles. The van der Waals surface area contributed by atoms with Crippen LogP contribution in [0.2, 0.25) is 0 Å². The van der Waals surface area contributed by atoms with E-state index in [1.54, 1.807) is 7.11 Å². The molecule has 6 nitrogen and oxygen atoms in total. The maximum absolute atomic E-state index is 12.3. The number of amides is 1. The molecular formula is C23H28N4O2S. The minimum absolute atomic E-state index is 0.0437. The van der Waals surface area contributed by atoms with E-state index in [-0.39, 0.29) is 5.91 Å². The molecule has 1 aromatic heterocycles. The fraction of sp³-hybridized carbons (Fsp3) is 0.348. The van der Waals surface area contributed by atoms with Gasteiger partial charge in [0.1, 0.15) is 11.6 Å². The smallest absolute Gasteiger partial charge is 0.234 e. The first-order valence-corrected chi connectivity index (χ1v) is 11.0. The Hall–Kier alpha value is -2.80. The zero-order chi connectivity index (χ0) is 21.5. The molecule has 0 bridgehead atoms. The fourth-order valence-electron chi connectivity index (χ4n) is 3.12. The van der Waals surface area contributed by atoms with Gasteiger partial charge in [0.05, 0.1) is 12.9 Å². The van der Waals surface area contributed by atoms with Crippen LogP contribution in [-0.2, 0) is 24.7 Å². The lowest BCUT2D eigenvalue weighted by Gasteiger charge is -2.09. The number of aryl methyl sites for hydroxylation is 4. The van der Waals surface area contributed by atoms with Crippen LogP contribution in [0.25, 0.3) is 0 Å². The second kappa shape index (κ2) is 10.3. The Morgan fingerprint density at radius 2 is 1.87 bits per heavy atom. The van der Waals surface area contributed by atoms with Gasteiger partial charge in [0.2, 0.25) is 5.91 Å². The number of thioether (sulfide) groups is 1. The van der Waals surface area contributed by atoms with Crippen molar-refractivity contribution in [2.45, 2.75) is 38.3 Å². The highest BCUT2D eigenvalue weighted by molar-refractivity contribution is 7.99. The molecule has 30 heavy (non-hydrogen) atoms. The van der Waals surface area contributed by atoms with Crippen LogP contribution in [0.4, 0.5) is 5.69 Å². The van der Waals surface area contributed by atoms with Gasteiger partial charge in [-0.1, -0.05) is 36.0 Å².